The lowest BCUT2D eigenvalue weighted by molar-refractivity contribution is 0.711. The predicted octanol–water partition coefficient (Wildman–Crippen LogP) is 3.59. The molecule has 0 aromatic carbocycles. The van der Waals surface area contributed by atoms with E-state index in [-0.39, 0.29) is 0 Å². The highest BCUT2D eigenvalue weighted by Crippen LogP contribution is 2.23. The molecule has 0 aromatic rings. The Morgan fingerprint density at radius 2 is 2.07 bits per heavy atom. The van der Waals surface area contributed by atoms with Crippen molar-refractivity contribution in [1.82, 2.24) is 0 Å². The minimum absolute atomic E-state index is 0.492. The van der Waals surface area contributed by atoms with Crippen molar-refractivity contribution in [3.8, 4) is 12.3 Å². The standard InChI is InChI=1S/C13H19N/c1-7-11(5)9-13(14-6)12(8-2)10(3)4/h1,10H,5-6,8-9H2,2-4H3/b13-12+. The van der Waals surface area contributed by atoms with Crippen LogP contribution >= 0.6 is 0 Å². The van der Waals surface area contributed by atoms with Crippen molar-refractivity contribution < 1.29 is 0 Å². The number of rotatable bonds is 5. The lowest BCUT2D eigenvalue weighted by Gasteiger charge is -2.13. The van der Waals surface area contributed by atoms with E-state index in [1.165, 1.54) is 5.57 Å². The van der Waals surface area contributed by atoms with Gasteiger partial charge < -0.3 is 0 Å². The summed E-state index contributed by atoms with van der Waals surface area (Å²) in [5.41, 5.74) is 3.07. The lowest BCUT2D eigenvalue weighted by atomic mass is 9.96. The maximum absolute atomic E-state index is 5.26. The van der Waals surface area contributed by atoms with Crippen molar-refractivity contribution >= 4 is 6.72 Å². The van der Waals surface area contributed by atoms with E-state index >= 15 is 0 Å². The van der Waals surface area contributed by atoms with Crippen LogP contribution in [0.4, 0.5) is 0 Å². The van der Waals surface area contributed by atoms with Gasteiger partial charge in [0.15, 0.2) is 0 Å². The maximum atomic E-state index is 5.26. The molecular formula is C13H19N. The van der Waals surface area contributed by atoms with Gasteiger partial charge in [0.05, 0.1) is 0 Å². The molecular weight excluding hydrogens is 170 g/mol. The second-order valence-electron chi connectivity index (χ2n) is 3.56. The third-order valence-corrected chi connectivity index (χ3v) is 2.22. The number of nitrogens with zero attached hydrogens (tertiary/aromatic N) is 1. The zero-order chi connectivity index (χ0) is 11.1. The van der Waals surface area contributed by atoms with Crippen molar-refractivity contribution in [2.24, 2.45) is 10.9 Å². The van der Waals surface area contributed by atoms with Crippen molar-refractivity contribution in [2.75, 3.05) is 0 Å². The summed E-state index contributed by atoms with van der Waals surface area (Å²) in [6.45, 7) is 13.8. The van der Waals surface area contributed by atoms with Gasteiger partial charge in [0.25, 0.3) is 0 Å². The molecule has 0 heterocycles. The third-order valence-electron chi connectivity index (χ3n) is 2.22. The summed E-state index contributed by atoms with van der Waals surface area (Å²) in [7, 11) is 0. The Kier molecular flexibility index (Phi) is 5.64. The van der Waals surface area contributed by atoms with Gasteiger partial charge in [0.2, 0.25) is 0 Å². The van der Waals surface area contributed by atoms with Gasteiger partial charge in [-0.1, -0.05) is 33.3 Å². The topological polar surface area (TPSA) is 12.4 Å². The zero-order valence-electron chi connectivity index (χ0n) is 9.43. The highest BCUT2D eigenvalue weighted by Gasteiger charge is 2.08. The molecule has 0 bridgehead atoms. The Morgan fingerprint density at radius 1 is 1.50 bits per heavy atom. The highest BCUT2D eigenvalue weighted by molar-refractivity contribution is 5.36. The monoisotopic (exact) mass is 189 g/mol. The molecule has 0 aliphatic rings. The maximum Gasteiger partial charge on any atom is 0.0441 e. The van der Waals surface area contributed by atoms with Gasteiger partial charge in [-0.05, 0) is 24.6 Å². The van der Waals surface area contributed by atoms with Crippen molar-refractivity contribution in [1.29, 1.82) is 0 Å². The van der Waals surface area contributed by atoms with E-state index in [1.54, 1.807) is 0 Å². The van der Waals surface area contributed by atoms with Crippen LogP contribution in [-0.4, -0.2) is 6.72 Å². The summed E-state index contributed by atoms with van der Waals surface area (Å²) in [6, 6.07) is 0. The van der Waals surface area contributed by atoms with Gasteiger partial charge in [-0.25, -0.2) is 0 Å². The van der Waals surface area contributed by atoms with Crippen LogP contribution in [-0.2, 0) is 0 Å². The van der Waals surface area contributed by atoms with Crippen LogP contribution in [0.2, 0.25) is 0 Å². The van der Waals surface area contributed by atoms with Gasteiger partial charge in [-0.15, -0.1) is 6.42 Å². The number of hydrogen-bond donors (Lipinski definition) is 0. The van der Waals surface area contributed by atoms with Gasteiger partial charge in [-0.3, -0.25) is 4.99 Å². The van der Waals surface area contributed by atoms with Gasteiger partial charge >= 0.3 is 0 Å². The van der Waals surface area contributed by atoms with Crippen LogP contribution < -0.4 is 0 Å². The van der Waals surface area contributed by atoms with Crippen LogP contribution in [0, 0.1) is 18.3 Å². The van der Waals surface area contributed by atoms with E-state index in [2.05, 4.69) is 45.0 Å². The average molecular weight is 189 g/mol. The predicted molar refractivity (Wildman–Crippen MR) is 64.3 cm³/mol. The molecule has 0 saturated carbocycles. The van der Waals surface area contributed by atoms with Crippen molar-refractivity contribution in [3.05, 3.63) is 23.4 Å². The number of aliphatic imine (C=N–C) groups is 1. The first-order valence-electron chi connectivity index (χ1n) is 4.89. The van der Waals surface area contributed by atoms with Crippen LogP contribution in [0.1, 0.15) is 33.6 Å². The van der Waals surface area contributed by atoms with Gasteiger partial charge in [0.1, 0.15) is 0 Å². The SMILES string of the molecule is C#CC(=C)C/C(N=C)=C(/CC)C(C)C. The van der Waals surface area contributed by atoms with Gasteiger partial charge in [-0.2, -0.15) is 0 Å². The Hall–Kier alpha value is -1.29. The zero-order valence-corrected chi connectivity index (χ0v) is 9.43. The first kappa shape index (κ1) is 12.7. The molecule has 0 unspecified atom stereocenters. The molecule has 0 N–H and O–H groups in total. The largest absolute Gasteiger partial charge is 0.269 e. The summed E-state index contributed by atoms with van der Waals surface area (Å²) in [4.78, 5) is 4.04. The average Bonchev–Trinajstić information content (AvgIpc) is 2.16. The minimum atomic E-state index is 0.492. The quantitative estimate of drug-likeness (QED) is 0.463. The molecule has 0 aliphatic carbocycles. The Balaban J connectivity index is 4.91. The number of allylic oxidation sites excluding steroid dienone is 2. The second kappa shape index (κ2) is 6.21. The summed E-state index contributed by atoms with van der Waals surface area (Å²) < 4.78 is 0. The van der Waals surface area contributed by atoms with E-state index in [9.17, 15) is 0 Å². The van der Waals surface area contributed by atoms with E-state index in [1.807, 2.05) is 0 Å². The molecule has 0 rings (SSSR count). The van der Waals surface area contributed by atoms with Crippen LogP contribution in [0.5, 0.6) is 0 Å². The van der Waals surface area contributed by atoms with E-state index < -0.39 is 0 Å². The van der Waals surface area contributed by atoms with Gasteiger partial charge in [0, 0.05) is 17.7 Å². The molecule has 0 aromatic heterocycles. The normalized spacial score (nSPS) is 11.9. The molecule has 0 radical (unpaired) electrons. The molecule has 14 heavy (non-hydrogen) atoms. The van der Waals surface area contributed by atoms with E-state index in [0.717, 1.165) is 17.7 Å². The summed E-state index contributed by atoms with van der Waals surface area (Å²) in [5.74, 6) is 3.02. The molecule has 0 saturated heterocycles. The first-order chi connectivity index (χ1) is 6.56. The van der Waals surface area contributed by atoms with Crippen LogP contribution in [0.15, 0.2) is 28.4 Å². The molecule has 0 atom stereocenters. The summed E-state index contributed by atoms with van der Waals surface area (Å²) in [5, 5.41) is 0. The van der Waals surface area contributed by atoms with Crippen LogP contribution in [0.25, 0.3) is 0 Å². The molecule has 76 valence electrons. The molecule has 1 heteroatoms. The van der Waals surface area contributed by atoms with E-state index in [0.29, 0.717) is 12.3 Å². The first-order valence-corrected chi connectivity index (χ1v) is 4.89. The Bertz CT molecular complexity index is 287. The second-order valence-corrected chi connectivity index (χ2v) is 3.56. The minimum Gasteiger partial charge on any atom is -0.269 e. The lowest BCUT2D eigenvalue weighted by Crippen LogP contribution is -1.98. The molecule has 0 fully saturated rings. The number of terminal acetylenes is 1. The molecule has 0 amide bonds. The fourth-order valence-electron chi connectivity index (χ4n) is 1.47. The number of hydrogen-bond acceptors (Lipinski definition) is 1. The molecule has 1 nitrogen and oxygen atoms in total. The summed E-state index contributed by atoms with van der Waals surface area (Å²) in [6.07, 6.45) is 6.90. The molecule has 0 aliphatic heterocycles. The van der Waals surface area contributed by atoms with Crippen LogP contribution in [0.3, 0.4) is 0 Å². The Morgan fingerprint density at radius 3 is 2.36 bits per heavy atom. The fraction of sp³-hybridized carbons (Fsp3) is 0.462. The van der Waals surface area contributed by atoms with E-state index in [4.69, 9.17) is 6.42 Å². The third kappa shape index (κ3) is 3.62. The molecule has 0 spiro atoms. The smallest absolute Gasteiger partial charge is 0.0441 e. The fourth-order valence-corrected chi connectivity index (χ4v) is 1.47. The Labute approximate surface area is 87.6 Å². The van der Waals surface area contributed by atoms with Crippen molar-refractivity contribution in [2.45, 2.75) is 33.6 Å². The summed E-state index contributed by atoms with van der Waals surface area (Å²) >= 11 is 0. The van der Waals surface area contributed by atoms with Crippen molar-refractivity contribution in [3.63, 3.8) is 0 Å². The highest BCUT2D eigenvalue weighted by atomic mass is 14.7.